The van der Waals surface area contributed by atoms with Crippen molar-refractivity contribution in [3.05, 3.63) is 0 Å². The summed E-state index contributed by atoms with van der Waals surface area (Å²) in [6.45, 7) is 8.65. The standard InChI is InChI=1S/C15H29NO4/c1-14(2,3)20-13(17)12-15(6-10-19-11-7-15)16-8-5-9-18-4/h16H,5-12H2,1-4H3. The van der Waals surface area contributed by atoms with E-state index < -0.39 is 5.60 Å². The largest absolute Gasteiger partial charge is 0.460 e. The third kappa shape index (κ3) is 6.68. The number of rotatable bonds is 7. The maximum absolute atomic E-state index is 12.1. The Morgan fingerprint density at radius 1 is 1.30 bits per heavy atom. The van der Waals surface area contributed by atoms with Crippen LogP contribution in [0.3, 0.4) is 0 Å². The quantitative estimate of drug-likeness (QED) is 0.572. The van der Waals surface area contributed by atoms with Crippen molar-refractivity contribution in [3.8, 4) is 0 Å². The number of methoxy groups -OCH3 is 1. The molecule has 0 aromatic carbocycles. The molecular weight excluding hydrogens is 258 g/mol. The molecular formula is C15H29NO4. The molecule has 5 heteroatoms. The highest BCUT2D eigenvalue weighted by molar-refractivity contribution is 5.71. The normalized spacial score (nSPS) is 18.8. The van der Waals surface area contributed by atoms with Crippen molar-refractivity contribution in [2.75, 3.05) is 33.5 Å². The van der Waals surface area contributed by atoms with E-state index in [4.69, 9.17) is 14.2 Å². The summed E-state index contributed by atoms with van der Waals surface area (Å²) in [5, 5.41) is 3.53. The van der Waals surface area contributed by atoms with E-state index in [1.165, 1.54) is 0 Å². The van der Waals surface area contributed by atoms with E-state index >= 15 is 0 Å². The molecule has 1 N–H and O–H groups in total. The molecule has 1 aliphatic rings. The van der Waals surface area contributed by atoms with E-state index in [1.807, 2.05) is 20.8 Å². The summed E-state index contributed by atoms with van der Waals surface area (Å²) in [6.07, 6.45) is 3.03. The van der Waals surface area contributed by atoms with Gasteiger partial charge in [0.1, 0.15) is 5.60 Å². The van der Waals surface area contributed by atoms with Crippen LogP contribution >= 0.6 is 0 Å². The van der Waals surface area contributed by atoms with E-state index in [0.717, 1.165) is 32.4 Å². The number of carbonyl (C=O) groups excluding carboxylic acids is 1. The fourth-order valence-corrected chi connectivity index (χ4v) is 2.40. The average molecular weight is 287 g/mol. The minimum atomic E-state index is -0.431. The Labute approximate surface area is 122 Å². The molecule has 0 atom stereocenters. The molecule has 0 unspecified atom stereocenters. The zero-order valence-electron chi connectivity index (χ0n) is 13.3. The summed E-state index contributed by atoms with van der Waals surface area (Å²) in [6, 6.07) is 0. The molecule has 0 radical (unpaired) electrons. The van der Waals surface area contributed by atoms with Crippen LogP contribution in [0.1, 0.15) is 46.5 Å². The van der Waals surface area contributed by atoms with Gasteiger partial charge in [-0.15, -0.1) is 0 Å². The molecule has 0 aromatic rings. The molecule has 0 aromatic heterocycles. The summed E-state index contributed by atoms with van der Waals surface area (Å²) in [5.74, 6) is -0.140. The van der Waals surface area contributed by atoms with Gasteiger partial charge in [-0.3, -0.25) is 4.79 Å². The first-order valence-corrected chi connectivity index (χ1v) is 7.40. The van der Waals surface area contributed by atoms with Gasteiger partial charge in [-0.25, -0.2) is 0 Å². The van der Waals surface area contributed by atoms with E-state index in [2.05, 4.69) is 5.32 Å². The van der Waals surface area contributed by atoms with Gasteiger partial charge in [0.2, 0.25) is 0 Å². The zero-order chi connectivity index (χ0) is 15.1. The van der Waals surface area contributed by atoms with Crippen LogP contribution in [0.15, 0.2) is 0 Å². The molecule has 1 rings (SSSR count). The van der Waals surface area contributed by atoms with Gasteiger partial charge < -0.3 is 19.5 Å². The van der Waals surface area contributed by atoms with Gasteiger partial charge in [0.05, 0.1) is 6.42 Å². The lowest BCUT2D eigenvalue weighted by Gasteiger charge is -2.38. The van der Waals surface area contributed by atoms with Crippen LogP contribution in [0.25, 0.3) is 0 Å². The second kappa shape index (κ2) is 7.96. The van der Waals surface area contributed by atoms with Gasteiger partial charge >= 0.3 is 5.97 Å². The van der Waals surface area contributed by atoms with Crippen LogP contribution in [0.4, 0.5) is 0 Å². The maximum Gasteiger partial charge on any atom is 0.308 e. The van der Waals surface area contributed by atoms with Crippen molar-refractivity contribution in [2.45, 2.75) is 57.6 Å². The SMILES string of the molecule is COCCCNC1(CC(=O)OC(C)(C)C)CCOCC1. The summed E-state index contributed by atoms with van der Waals surface area (Å²) in [5.41, 5.74) is -0.617. The van der Waals surface area contributed by atoms with Gasteiger partial charge in [0.25, 0.3) is 0 Å². The van der Waals surface area contributed by atoms with E-state index in [-0.39, 0.29) is 11.5 Å². The molecule has 0 amide bonds. The second-order valence-corrected chi connectivity index (χ2v) is 6.43. The van der Waals surface area contributed by atoms with Crippen LogP contribution in [-0.4, -0.2) is 50.6 Å². The van der Waals surface area contributed by atoms with Crippen molar-refractivity contribution in [1.82, 2.24) is 5.32 Å². The summed E-state index contributed by atoms with van der Waals surface area (Å²) >= 11 is 0. The van der Waals surface area contributed by atoms with Crippen molar-refractivity contribution in [3.63, 3.8) is 0 Å². The molecule has 1 aliphatic heterocycles. The number of ether oxygens (including phenoxy) is 3. The monoisotopic (exact) mass is 287 g/mol. The number of nitrogens with one attached hydrogen (secondary N) is 1. The summed E-state index contributed by atoms with van der Waals surface area (Å²) < 4.78 is 15.9. The molecule has 20 heavy (non-hydrogen) atoms. The van der Waals surface area contributed by atoms with Gasteiger partial charge in [-0.2, -0.15) is 0 Å². The minimum absolute atomic E-state index is 0.140. The Hall–Kier alpha value is -0.650. The Kier molecular flexibility index (Phi) is 6.92. The van der Waals surface area contributed by atoms with Gasteiger partial charge in [-0.05, 0) is 46.6 Å². The fraction of sp³-hybridized carbons (Fsp3) is 0.933. The van der Waals surface area contributed by atoms with Crippen LogP contribution in [0.2, 0.25) is 0 Å². The lowest BCUT2D eigenvalue weighted by Crippen LogP contribution is -2.51. The average Bonchev–Trinajstić information content (AvgIpc) is 2.33. The molecule has 118 valence electrons. The molecule has 0 saturated carbocycles. The lowest BCUT2D eigenvalue weighted by atomic mass is 9.86. The lowest BCUT2D eigenvalue weighted by molar-refractivity contribution is -0.157. The van der Waals surface area contributed by atoms with E-state index in [9.17, 15) is 4.79 Å². The number of carbonyl (C=O) groups is 1. The van der Waals surface area contributed by atoms with Crippen molar-refractivity contribution < 1.29 is 19.0 Å². The zero-order valence-corrected chi connectivity index (χ0v) is 13.3. The van der Waals surface area contributed by atoms with Crippen molar-refractivity contribution >= 4 is 5.97 Å². The Morgan fingerprint density at radius 3 is 2.50 bits per heavy atom. The smallest absolute Gasteiger partial charge is 0.308 e. The molecule has 5 nitrogen and oxygen atoms in total. The van der Waals surface area contributed by atoms with Crippen molar-refractivity contribution in [2.24, 2.45) is 0 Å². The van der Waals surface area contributed by atoms with Crippen LogP contribution < -0.4 is 5.32 Å². The van der Waals surface area contributed by atoms with Gasteiger partial charge in [0.15, 0.2) is 0 Å². The predicted molar refractivity (Wildman–Crippen MR) is 77.7 cm³/mol. The highest BCUT2D eigenvalue weighted by atomic mass is 16.6. The highest BCUT2D eigenvalue weighted by Crippen LogP contribution is 2.26. The van der Waals surface area contributed by atoms with Gasteiger partial charge in [0, 0.05) is 32.5 Å². The van der Waals surface area contributed by atoms with E-state index in [1.54, 1.807) is 7.11 Å². The minimum Gasteiger partial charge on any atom is -0.460 e. The number of esters is 1. The van der Waals surface area contributed by atoms with Crippen LogP contribution in [0, 0.1) is 0 Å². The number of hydrogen-bond acceptors (Lipinski definition) is 5. The molecule has 1 saturated heterocycles. The molecule has 0 aliphatic carbocycles. The first-order chi connectivity index (χ1) is 9.37. The number of hydrogen-bond donors (Lipinski definition) is 1. The summed E-state index contributed by atoms with van der Waals surface area (Å²) in [4.78, 5) is 12.1. The van der Waals surface area contributed by atoms with Crippen LogP contribution in [0.5, 0.6) is 0 Å². The highest BCUT2D eigenvalue weighted by Gasteiger charge is 2.35. The molecule has 0 spiro atoms. The molecule has 1 fully saturated rings. The molecule has 1 heterocycles. The fourth-order valence-electron chi connectivity index (χ4n) is 2.40. The van der Waals surface area contributed by atoms with Crippen LogP contribution in [-0.2, 0) is 19.0 Å². The Balaban J connectivity index is 2.52. The molecule has 0 bridgehead atoms. The second-order valence-electron chi connectivity index (χ2n) is 6.43. The van der Waals surface area contributed by atoms with Gasteiger partial charge in [-0.1, -0.05) is 0 Å². The Morgan fingerprint density at radius 2 is 1.95 bits per heavy atom. The van der Waals surface area contributed by atoms with Crippen molar-refractivity contribution in [1.29, 1.82) is 0 Å². The maximum atomic E-state index is 12.1. The summed E-state index contributed by atoms with van der Waals surface area (Å²) in [7, 11) is 1.70. The van der Waals surface area contributed by atoms with E-state index in [0.29, 0.717) is 19.6 Å². The first kappa shape index (κ1) is 17.4. The third-order valence-electron chi connectivity index (χ3n) is 3.38. The first-order valence-electron chi connectivity index (χ1n) is 7.40. The topological polar surface area (TPSA) is 56.8 Å². The Bertz CT molecular complexity index is 293. The third-order valence-corrected chi connectivity index (χ3v) is 3.38. The predicted octanol–water partition coefficient (Wildman–Crippen LogP) is 1.89.